The van der Waals surface area contributed by atoms with Crippen molar-refractivity contribution in [2.45, 2.75) is 13.5 Å². The molecule has 0 aliphatic carbocycles. The van der Waals surface area contributed by atoms with Gasteiger partial charge in [-0.25, -0.2) is 10.8 Å². The summed E-state index contributed by atoms with van der Waals surface area (Å²) in [5.41, 5.74) is 4.79. The molecule has 0 aliphatic rings. The summed E-state index contributed by atoms with van der Waals surface area (Å²) in [5, 5.41) is 9.50. The normalized spacial score (nSPS) is 10.1. The van der Waals surface area contributed by atoms with Crippen molar-refractivity contribution in [2.75, 3.05) is 5.43 Å². The van der Waals surface area contributed by atoms with Gasteiger partial charge in [0.1, 0.15) is 5.82 Å². The predicted octanol–water partition coefficient (Wildman–Crippen LogP) is 0.329. The fourth-order valence-electron chi connectivity index (χ4n) is 1.48. The molecule has 1 amide bonds. The molecule has 2 aromatic heterocycles. The number of hydrogen-bond donors (Lipinski definition) is 4. The van der Waals surface area contributed by atoms with E-state index in [2.05, 4.69) is 25.9 Å². The van der Waals surface area contributed by atoms with Crippen LogP contribution in [-0.4, -0.2) is 21.1 Å². The first-order valence-corrected chi connectivity index (χ1v) is 5.40. The van der Waals surface area contributed by atoms with E-state index < -0.39 is 0 Å². The summed E-state index contributed by atoms with van der Waals surface area (Å²) < 4.78 is 0. The lowest BCUT2D eigenvalue weighted by atomic mass is 10.2. The minimum absolute atomic E-state index is 0.186. The van der Waals surface area contributed by atoms with Gasteiger partial charge < -0.3 is 10.7 Å². The first-order chi connectivity index (χ1) is 8.70. The molecule has 0 saturated carbocycles. The Labute approximate surface area is 104 Å². The van der Waals surface area contributed by atoms with Crippen LogP contribution in [0.15, 0.2) is 24.5 Å². The second kappa shape index (κ2) is 5.28. The summed E-state index contributed by atoms with van der Waals surface area (Å²) in [6.45, 7) is 2.33. The number of hydrogen-bond acceptors (Lipinski definition) is 5. The molecular formula is C11H14N6O. The molecule has 7 nitrogen and oxygen atoms in total. The zero-order chi connectivity index (χ0) is 13.0. The summed E-state index contributed by atoms with van der Waals surface area (Å²) in [7, 11) is 0. The van der Waals surface area contributed by atoms with Crippen molar-refractivity contribution >= 4 is 11.7 Å². The molecule has 7 heteroatoms. The smallest absolute Gasteiger partial charge is 0.251 e. The third kappa shape index (κ3) is 2.64. The number of rotatable bonds is 4. The molecule has 0 unspecified atom stereocenters. The first kappa shape index (κ1) is 12.1. The number of pyridine rings is 1. The van der Waals surface area contributed by atoms with Crippen LogP contribution in [0, 0.1) is 6.92 Å². The number of H-pyrrole nitrogens is 1. The SMILES string of the molecule is Cc1[nH]ncc1CNC(=O)c1ccnc(NN)c1. The number of hydrazine groups is 1. The van der Waals surface area contributed by atoms with Crippen LogP contribution in [0.25, 0.3) is 0 Å². The van der Waals surface area contributed by atoms with Crippen LogP contribution in [0.1, 0.15) is 21.6 Å². The molecule has 0 aromatic carbocycles. The maximum absolute atomic E-state index is 11.9. The fourth-order valence-corrected chi connectivity index (χ4v) is 1.48. The van der Waals surface area contributed by atoms with Gasteiger partial charge in [-0.1, -0.05) is 0 Å². The second-order valence-electron chi connectivity index (χ2n) is 3.78. The molecule has 2 heterocycles. The molecule has 0 spiro atoms. The molecule has 2 aromatic rings. The van der Waals surface area contributed by atoms with Crippen LogP contribution >= 0.6 is 0 Å². The molecule has 0 atom stereocenters. The average molecular weight is 246 g/mol. The van der Waals surface area contributed by atoms with Crippen molar-refractivity contribution in [3.05, 3.63) is 41.3 Å². The van der Waals surface area contributed by atoms with E-state index in [-0.39, 0.29) is 5.91 Å². The zero-order valence-corrected chi connectivity index (χ0v) is 9.90. The third-order valence-corrected chi connectivity index (χ3v) is 2.54. The Morgan fingerprint density at radius 2 is 2.39 bits per heavy atom. The van der Waals surface area contributed by atoms with E-state index in [0.29, 0.717) is 17.9 Å². The number of carbonyl (C=O) groups is 1. The highest BCUT2D eigenvalue weighted by atomic mass is 16.1. The largest absolute Gasteiger partial charge is 0.348 e. The number of nitrogens with two attached hydrogens (primary N) is 1. The Morgan fingerprint density at radius 3 is 3.06 bits per heavy atom. The Bertz CT molecular complexity index is 550. The highest BCUT2D eigenvalue weighted by molar-refractivity contribution is 5.94. The summed E-state index contributed by atoms with van der Waals surface area (Å²) in [6, 6.07) is 3.20. The van der Waals surface area contributed by atoms with E-state index in [9.17, 15) is 4.79 Å². The van der Waals surface area contributed by atoms with Gasteiger partial charge in [-0.15, -0.1) is 0 Å². The number of nitrogen functional groups attached to an aromatic ring is 1. The predicted molar refractivity (Wildman–Crippen MR) is 66.5 cm³/mol. The lowest BCUT2D eigenvalue weighted by Crippen LogP contribution is -2.23. The second-order valence-corrected chi connectivity index (χ2v) is 3.78. The van der Waals surface area contributed by atoms with Crippen LogP contribution in [0.5, 0.6) is 0 Å². The molecule has 0 bridgehead atoms. The molecule has 5 N–H and O–H groups in total. The minimum atomic E-state index is -0.186. The van der Waals surface area contributed by atoms with Gasteiger partial charge in [0.25, 0.3) is 5.91 Å². The van der Waals surface area contributed by atoms with Gasteiger partial charge in [0.15, 0.2) is 0 Å². The number of anilines is 1. The van der Waals surface area contributed by atoms with E-state index in [4.69, 9.17) is 5.84 Å². The average Bonchev–Trinajstić information content (AvgIpc) is 2.81. The lowest BCUT2D eigenvalue weighted by molar-refractivity contribution is 0.0951. The maximum Gasteiger partial charge on any atom is 0.251 e. The summed E-state index contributed by atoms with van der Waals surface area (Å²) in [6.07, 6.45) is 3.21. The highest BCUT2D eigenvalue weighted by Crippen LogP contribution is 2.06. The van der Waals surface area contributed by atoms with Gasteiger partial charge in [-0.3, -0.25) is 9.89 Å². The standard InChI is InChI=1S/C11H14N6O/c1-7-9(6-15-17-7)5-14-11(18)8-2-3-13-10(4-8)16-12/h2-4,6H,5,12H2,1H3,(H,13,16)(H,14,18)(H,15,17). The van der Waals surface area contributed by atoms with E-state index in [1.807, 2.05) is 6.92 Å². The van der Waals surface area contributed by atoms with Gasteiger partial charge in [-0.05, 0) is 19.1 Å². The number of nitrogens with one attached hydrogen (secondary N) is 3. The van der Waals surface area contributed by atoms with Crippen LogP contribution in [0.4, 0.5) is 5.82 Å². The monoisotopic (exact) mass is 246 g/mol. The quantitative estimate of drug-likeness (QED) is 0.459. The van der Waals surface area contributed by atoms with E-state index in [0.717, 1.165) is 11.3 Å². The fraction of sp³-hybridized carbons (Fsp3) is 0.182. The van der Waals surface area contributed by atoms with Gasteiger partial charge in [0, 0.05) is 29.6 Å². The summed E-state index contributed by atoms with van der Waals surface area (Å²) >= 11 is 0. The van der Waals surface area contributed by atoms with E-state index >= 15 is 0 Å². The Hall–Kier alpha value is -2.41. The van der Waals surface area contributed by atoms with Crippen LogP contribution in [0.3, 0.4) is 0 Å². The number of aromatic nitrogens is 3. The number of aromatic amines is 1. The van der Waals surface area contributed by atoms with Gasteiger partial charge in [0.05, 0.1) is 6.20 Å². The summed E-state index contributed by atoms with van der Waals surface area (Å²) in [4.78, 5) is 15.8. The molecule has 0 radical (unpaired) electrons. The molecule has 0 aliphatic heterocycles. The topological polar surface area (TPSA) is 109 Å². The van der Waals surface area contributed by atoms with Crippen molar-refractivity contribution in [3.8, 4) is 0 Å². The molecule has 18 heavy (non-hydrogen) atoms. The van der Waals surface area contributed by atoms with Gasteiger partial charge in [0.2, 0.25) is 0 Å². The van der Waals surface area contributed by atoms with Crippen molar-refractivity contribution in [2.24, 2.45) is 5.84 Å². The van der Waals surface area contributed by atoms with Crippen LogP contribution in [0.2, 0.25) is 0 Å². The number of nitrogens with zero attached hydrogens (tertiary/aromatic N) is 2. The Balaban J connectivity index is 2.01. The van der Waals surface area contributed by atoms with Crippen molar-refractivity contribution < 1.29 is 4.79 Å². The maximum atomic E-state index is 11.9. The molecule has 2 rings (SSSR count). The number of amides is 1. The first-order valence-electron chi connectivity index (χ1n) is 5.40. The summed E-state index contributed by atoms with van der Waals surface area (Å²) in [5.74, 6) is 5.49. The third-order valence-electron chi connectivity index (χ3n) is 2.54. The highest BCUT2D eigenvalue weighted by Gasteiger charge is 2.07. The minimum Gasteiger partial charge on any atom is -0.348 e. The molecule has 0 saturated heterocycles. The number of aryl methyl sites for hydroxylation is 1. The van der Waals surface area contributed by atoms with Crippen LogP contribution < -0.4 is 16.6 Å². The van der Waals surface area contributed by atoms with Gasteiger partial charge in [-0.2, -0.15) is 5.10 Å². The van der Waals surface area contributed by atoms with Crippen molar-refractivity contribution in [3.63, 3.8) is 0 Å². The lowest BCUT2D eigenvalue weighted by Gasteiger charge is -2.05. The molecule has 0 fully saturated rings. The number of carbonyl (C=O) groups excluding carboxylic acids is 1. The molecule has 94 valence electrons. The zero-order valence-electron chi connectivity index (χ0n) is 9.90. The molecular weight excluding hydrogens is 232 g/mol. The Kier molecular flexibility index (Phi) is 3.54. The van der Waals surface area contributed by atoms with Crippen molar-refractivity contribution in [1.29, 1.82) is 0 Å². The van der Waals surface area contributed by atoms with E-state index in [1.165, 1.54) is 6.20 Å². The Morgan fingerprint density at radius 1 is 1.56 bits per heavy atom. The van der Waals surface area contributed by atoms with Gasteiger partial charge >= 0.3 is 0 Å². The van der Waals surface area contributed by atoms with Crippen LogP contribution in [-0.2, 0) is 6.54 Å². The van der Waals surface area contributed by atoms with Crippen molar-refractivity contribution in [1.82, 2.24) is 20.5 Å². The van der Waals surface area contributed by atoms with E-state index in [1.54, 1.807) is 18.3 Å².